The Bertz CT molecular complexity index is 1020. The number of benzene rings is 2. The Morgan fingerprint density at radius 2 is 2.11 bits per heavy atom. The van der Waals surface area contributed by atoms with Crippen molar-refractivity contribution >= 4 is 32.6 Å². The fourth-order valence-corrected chi connectivity index (χ4v) is 5.43. The van der Waals surface area contributed by atoms with E-state index in [9.17, 15) is 8.42 Å². The number of fused-ring (bicyclic) bond motifs is 1. The normalized spacial score (nSPS) is 21.9. The van der Waals surface area contributed by atoms with E-state index in [1.54, 1.807) is 36.0 Å². The van der Waals surface area contributed by atoms with Crippen LogP contribution in [0.25, 0.3) is 0 Å². The van der Waals surface area contributed by atoms with Gasteiger partial charge in [0.2, 0.25) is 0 Å². The van der Waals surface area contributed by atoms with Crippen molar-refractivity contribution in [1.82, 2.24) is 0 Å². The van der Waals surface area contributed by atoms with Crippen LogP contribution in [0.1, 0.15) is 24.5 Å². The van der Waals surface area contributed by atoms with Crippen molar-refractivity contribution < 1.29 is 13.2 Å². The number of sulfonamides is 1. The molecule has 0 radical (unpaired) electrons. The smallest absolute Gasteiger partial charge is 0.261 e. The fraction of sp³-hybridized carbons (Fsp3) is 0.316. The second kappa shape index (κ2) is 6.76. The monoisotopic (exact) mass is 403 g/mol. The van der Waals surface area contributed by atoms with Gasteiger partial charge in [0.15, 0.2) is 5.17 Å². The van der Waals surface area contributed by atoms with Crippen LogP contribution in [0, 0.1) is 0 Å². The Kier molecular flexibility index (Phi) is 4.55. The summed E-state index contributed by atoms with van der Waals surface area (Å²) in [6.45, 7) is 2.61. The highest BCUT2D eigenvalue weighted by atomic mass is 32.2. The van der Waals surface area contributed by atoms with Gasteiger partial charge in [-0.3, -0.25) is 9.71 Å². The first-order chi connectivity index (χ1) is 12.9. The minimum absolute atomic E-state index is 0.236. The molecule has 1 unspecified atom stereocenters. The zero-order valence-electron chi connectivity index (χ0n) is 14.9. The molecule has 4 rings (SSSR count). The maximum absolute atomic E-state index is 12.8. The van der Waals surface area contributed by atoms with Crippen LogP contribution in [-0.4, -0.2) is 25.9 Å². The van der Waals surface area contributed by atoms with Gasteiger partial charge in [-0.25, -0.2) is 8.42 Å². The highest BCUT2D eigenvalue weighted by molar-refractivity contribution is 8.13. The molecule has 2 aliphatic rings. The summed E-state index contributed by atoms with van der Waals surface area (Å²) < 4.78 is 33.8. The van der Waals surface area contributed by atoms with Crippen molar-refractivity contribution in [2.24, 2.45) is 10.7 Å². The van der Waals surface area contributed by atoms with E-state index in [1.165, 1.54) is 0 Å². The van der Waals surface area contributed by atoms with Gasteiger partial charge in [-0.05, 0) is 54.8 Å². The molecule has 0 aliphatic carbocycles. The van der Waals surface area contributed by atoms with Crippen molar-refractivity contribution in [3.05, 3.63) is 53.6 Å². The highest BCUT2D eigenvalue weighted by Crippen LogP contribution is 2.36. The summed E-state index contributed by atoms with van der Waals surface area (Å²) in [5.41, 5.74) is 7.83. The van der Waals surface area contributed by atoms with Gasteiger partial charge in [0.05, 0.1) is 17.0 Å². The first-order valence-electron chi connectivity index (χ1n) is 8.73. The SMILES string of the molecule is CC1(c2cccc(NS(=O)(=O)c3ccc4c(c3)CCO4)c2)CCSC(N)=N1. The number of hydrogen-bond donors (Lipinski definition) is 2. The molecule has 0 aromatic heterocycles. The van der Waals surface area contributed by atoms with Crippen LogP contribution in [0.15, 0.2) is 52.4 Å². The number of hydrogen-bond acceptors (Lipinski definition) is 6. The van der Waals surface area contributed by atoms with Gasteiger partial charge in [-0.2, -0.15) is 0 Å². The average molecular weight is 404 g/mol. The Morgan fingerprint density at radius 3 is 2.93 bits per heavy atom. The maximum atomic E-state index is 12.8. The molecule has 2 aromatic carbocycles. The number of nitrogens with zero attached hydrogens (tertiary/aromatic N) is 1. The quantitative estimate of drug-likeness (QED) is 0.818. The van der Waals surface area contributed by atoms with Crippen molar-refractivity contribution in [3.63, 3.8) is 0 Å². The van der Waals surface area contributed by atoms with Crippen molar-refractivity contribution in [2.45, 2.75) is 30.2 Å². The van der Waals surface area contributed by atoms with E-state index in [2.05, 4.69) is 9.71 Å². The standard InChI is InChI=1S/C19H21N3O3S2/c1-19(8-10-26-18(20)21-19)14-3-2-4-15(12-14)22-27(23,24)16-5-6-17-13(11-16)7-9-25-17/h2-6,11-12,22H,7-10H2,1H3,(H2,20,21). The van der Waals surface area contributed by atoms with Crippen molar-refractivity contribution in [3.8, 4) is 5.75 Å². The first-order valence-corrected chi connectivity index (χ1v) is 11.2. The van der Waals surface area contributed by atoms with Crippen LogP contribution in [-0.2, 0) is 22.0 Å². The molecule has 0 fully saturated rings. The third-order valence-electron chi connectivity index (χ3n) is 4.90. The maximum Gasteiger partial charge on any atom is 0.261 e. The Morgan fingerprint density at radius 1 is 1.26 bits per heavy atom. The predicted octanol–water partition coefficient (Wildman–Crippen LogP) is 3.09. The second-order valence-corrected chi connectivity index (χ2v) is 9.67. The lowest BCUT2D eigenvalue weighted by atomic mass is 9.89. The lowest BCUT2D eigenvalue weighted by molar-refractivity contribution is 0.356. The lowest BCUT2D eigenvalue weighted by Crippen LogP contribution is -2.28. The molecule has 27 heavy (non-hydrogen) atoms. The molecule has 0 amide bonds. The Hall–Kier alpha value is -2.19. The van der Waals surface area contributed by atoms with Gasteiger partial charge in [0.25, 0.3) is 10.0 Å². The number of rotatable bonds is 4. The third-order valence-corrected chi connectivity index (χ3v) is 7.08. The topological polar surface area (TPSA) is 93.8 Å². The van der Waals surface area contributed by atoms with Gasteiger partial charge >= 0.3 is 0 Å². The number of ether oxygens (including phenoxy) is 1. The van der Waals surface area contributed by atoms with Gasteiger partial charge in [-0.1, -0.05) is 23.9 Å². The lowest BCUT2D eigenvalue weighted by Gasteiger charge is -2.30. The number of nitrogens with two attached hydrogens (primary N) is 1. The summed E-state index contributed by atoms with van der Waals surface area (Å²) >= 11 is 1.54. The largest absolute Gasteiger partial charge is 0.493 e. The van der Waals surface area contributed by atoms with Crippen molar-refractivity contribution in [1.29, 1.82) is 0 Å². The summed E-state index contributed by atoms with van der Waals surface area (Å²) in [5.74, 6) is 1.65. The minimum atomic E-state index is -3.68. The third kappa shape index (κ3) is 3.64. The van der Waals surface area contributed by atoms with Gasteiger partial charge in [0, 0.05) is 17.9 Å². The van der Waals surface area contributed by atoms with E-state index in [4.69, 9.17) is 10.5 Å². The highest BCUT2D eigenvalue weighted by Gasteiger charge is 2.30. The Balaban J connectivity index is 1.62. The molecule has 142 valence electrons. The summed E-state index contributed by atoms with van der Waals surface area (Å²) in [6, 6.07) is 12.3. The molecule has 3 N–H and O–H groups in total. The molecule has 0 saturated heterocycles. The van der Waals surface area contributed by atoms with Gasteiger partial charge in [-0.15, -0.1) is 0 Å². The average Bonchev–Trinajstić information content (AvgIpc) is 3.09. The van der Waals surface area contributed by atoms with E-state index in [0.717, 1.165) is 35.5 Å². The van der Waals surface area contributed by atoms with E-state index < -0.39 is 15.6 Å². The number of thioether (sulfide) groups is 1. The van der Waals surface area contributed by atoms with Crippen LogP contribution in [0.3, 0.4) is 0 Å². The minimum Gasteiger partial charge on any atom is -0.493 e. The second-order valence-electron chi connectivity index (χ2n) is 6.88. The summed E-state index contributed by atoms with van der Waals surface area (Å²) in [7, 11) is -3.68. The summed E-state index contributed by atoms with van der Waals surface area (Å²) in [5, 5.41) is 0.565. The number of aliphatic imine (C=N–C) groups is 1. The molecule has 0 spiro atoms. The van der Waals surface area contributed by atoms with Crippen molar-refractivity contribution in [2.75, 3.05) is 17.1 Å². The van der Waals surface area contributed by atoms with Crippen LogP contribution >= 0.6 is 11.8 Å². The summed E-state index contributed by atoms with van der Waals surface area (Å²) in [6.07, 6.45) is 1.57. The molecule has 2 heterocycles. The number of amidine groups is 1. The molecular weight excluding hydrogens is 382 g/mol. The van der Waals surface area contributed by atoms with E-state index in [1.807, 2.05) is 25.1 Å². The zero-order chi connectivity index (χ0) is 19.1. The van der Waals surface area contributed by atoms with E-state index >= 15 is 0 Å². The first kappa shape index (κ1) is 18.2. The number of anilines is 1. The Labute approximate surface area is 163 Å². The van der Waals surface area contributed by atoms with Gasteiger partial charge in [0.1, 0.15) is 5.75 Å². The summed E-state index contributed by atoms with van der Waals surface area (Å²) in [4.78, 5) is 4.82. The van der Waals surface area contributed by atoms with Gasteiger partial charge < -0.3 is 10.5 Å². The fourth-order valence-electron chi connectivity index (χ4n) is 3.36. The zero-order valence-corrected chi connectivity index (χ0v) is 16.6. The van der Waals surface area contributed by atoms with Crippen LogP contribution in [0.2, 0.25) is 0 Å². The molecular formula is C19H21N3O3S2. The van der Waals surface area contributed by atoms with E-state index in [-0.39, 0.29) is 4.90 Å². The molecule has 2 aliphatic heterocycles. The molecule has 0 saturated carbocycles. The van der Waals surface area contributed by atoms with Crippen LogP contribution < -0.4 is 15.2 Å². The number of nitrogens with one attached hydrogen (secondary N) is 1. The van der Waals surface area contributed by atoms with E-state index in [0.29, 0.717) is 17.5 Å². The van der Waals surface area contributed by atoms with Crippen LogP contribution in [0.4, 0.5) is 5.69 Å². The van der Waals surface area contributed by atoms with Crippen LogP contribution in [0.5, 0.6) is 5.75 Å². The molecule has 2 aromatic rings. The molecule has 8 heteroatoms. The molecule has 1 atom stereocenters. The molecule has 6 nitrogen and oxygen atoms in total. The predicted molar refractivity (Wildman–Crippen MR) is 109 cm³/mol. The molecule has 0 bridgehead atoms.